The Morgan fingerprint density at radius 1 is 1.25 bits per heavy atom. The fourth-order valence-electron chi connectivity index (χ4n) is 2.72. The molecule has 2 heterocycles. The van der Waals surface area contributed by atoms with Gasteiger partial charge in [0.15, 0.2) is 0 Å². The Labute approximate surface area is 143 Å². The van der Waals surface area contributed by atoms with Crippen LogP contribution < -0.4 is 5.32 Å². The maximum atomic E-state index is 12.4. The number of fused-ring (bicyclic) bond motifs is 1. The van der Waals surface area contributed by atoms with E-state index in [1.807, 2.05) is 6.07 Å². The lowest BCUT2D eigenvalue weighted by Crippen LogP contribution is -2.13. The molecule has 1 aliphatic rings. The molecule has 0 bridgehead atoms. The maximum absolute atomic E-state index is 12.4. The van der Waals surface area contributed by atoms with Crippen LogP contribution in [0, 0.1) is 22.7 Å². The molecule has 0 fully saturated rings. The fourth-order valence-corrected chi connectivity index (χ4v) is 3.95. The van der Waals surface area contributed by atoms with Crippen LogP contribution in [0.25, 0.3) is 6.08 Å². The van der Waals surface area contributed by atoms with Crippen molar-refractivity contribution in [1.29, 1.82) is 10.5 Å². The largest absolute Gasteiger partial charge is 0.312 e. The average molecular weight is 334 g/mol. The van der Waals surface area contributed by atoms with Crippen LogP contribution in [-0.4, -0.2) is 10.9 Å². The third-order valence-corrected chi connectivity index (χ3v) is 5.10. The van der Waals surface area contributed by atoms with Gasteiger partial charge in [-0.25, -0.2) is 0 Å². The third-order valence-electron chi connectivity index (χ3n) is 3.89. The highest BCUT2D eigenvalue weighted by molar-refractivity contribution is 7.16. The quantitative estimate of drug-likeness (QED) is 0.688. The summed E-state index contributed by atoms with van der Waals surface area (Å²) in [6, 6.07) is 7.56. The number of anilines is 1. The summed E-state index contributed by atoms with van der Waals surface area (Å²) >= 11 is 1.45. The normalized spacial score (nSPS) is 13.5. The number of nitrogens with one attached hydrogen (secondary N) is 1. The van der Waals surface area contributed by atoms with E-state index in [9.17, 15) is 15.3 Å². The van der Waals surface area contributed by atoms with Crippen molar-refractivity contribution in [3.63, 3.8) is 0 Å². The zero-order valence-electron chi connectivity index (χ0n) is 12.9. The number of carbonyl (C=O) groups excluding carboxylic acids is 1. The first-order valence-corrected chi connectivity index (χ1v) is 8.42. The number of thiophene rings is 1. The van der Waals surface area contributed by atoms with Crippen molar-refractivity contribution in [2.45, 2.75) is 25.7 Å². The number of nitrogens with zero attached hydrogens (tertiary/aromatic N) is 3. The lowest BCUT2D eigenvalue weighted by molar-refractivity contribution is -0.112. The summed E-state index contributed by atoms with van der Waals surface area (Å²) in [5, 5.41) is 22.0. The molecular weight excluding hydrogens is 320 g/mol. The van der Waals surface area contributed by atoms with Crippen LogP contribution >= 0.6 is 11.3 Å². The SMILES string of the molecule is N#C/C(=C\c1ccncc1)C(=O)Nc1sc2c(c1C#N)CCCC2. The van der Waals surface area contributed by atoms with Gasteiger partial charge < -0.3 is 5.32 Å². The third kappa shape index (κ3) is 3.19. The Morgan fingerprint density at radius 3 is 2.71 bits per heavy atom. The summed E-state index contributed by atoms with van der Waals surface area (Å²) in [5.41, 5.74) is 2.32. The number of hydrogen-bond acceptors (Lipinski definition) is 5. The first-order valence-electron chi connectivity index (χ1n) is 7.60. The summed E-state index contributed by atoms with van der Waals surface area (Å²) in [6.45, 7) is 0. The van der Waals surface area contributed by atoms with E-state index >= 15 is 0 Å². The van der Waals surface area contributed by atoms with Gasteiger partial charge in [-0.15, -0.1) is 11.3 Å². The van der Waals surface area contributed by atoms with Crippen molar-refractivity contribution in [1.82, 2.24) is 4.98 Å². The van der Waals surface area contributed by atoms with Crippen LogP contribution in [0.1, 0.15) is 34.4 Å². The number of amides is 1. The smallest absolute Gasteiger partial charge is 0.266 e. The van der Waals surface area contributed by atoms with Gasteiger partial charge in [0.05, 0.1) is 5.56 Å². The highest BCUT2D eigenvalue weighted by Crippen LogP contribution is 2.37. The lowest BCUT2D eigenvalue weighted by atomic mass is 9.96. The molecule has 118 valence electrons. The van der Waals surface area contributed by atoms with Crippen LogP contribution in [0.5, 0.6) is 0 Å². The van der Waals surface area contributed by atoms with Gasteiger partial charge in [-0.2, -0.15) is 10.5 Å². The number of nitriles is 2. The first kappa shape index (κ1) is 15.9. The number of carbonyl (C=O) groups is 1. The molecule has 1 N–H and O–H groups in total. The maximum Gasteiger partial charge on any atom is 0.266 e. The fraction of sp³-hybridized carbons (Fsp3) is 0.222. The standard InChI is InChI=1S/C18H14N4OS/c19-10-13(9-12-5-7-21-8-6-12)17(23)22-18-15(11-20)14-3-1-2-4-16(14)24-18/h5-9H,1-4H2,(H,22,23)/b13-9+. The van der Waals surface area contributed by atoms with E-state index in [1.165, 1.54) is 22.3 Å². The van der Waals surface area contributed by atoms with E-state index in [2.05, 4.69) is 16.4 Å². The summed E-state index contributed by atoms with van der Waals surface area (Å²) < 4.78 is 0. The topological polar surface area (TPSA) is 89.6 Å². The van der Waals surface area contributed by atoms with Gasteiger partial charge in [-0.3, -0.25) is 9.78 Å². The molecule has 5 nitrogen and oxygen atoms in total. The molecule has 0 atom stereocenters. The zero-order chi connectivity index (χ0) is 16.9. The second kappa shape index (κ2) is 7.08. The Hall–Kier alpha value is -2.96. The molecule has 6 heteroatoms. The van der Waals surface area contributed by atoms with E-state index in [0.29, 0.717) is 10.6 Å². The van der Waals surface area contributed by atoms with Gasteiger partial charge in [0.25, 0.3) is 5.91 Å². The minimum atomic E-state index is -0.496. The van der Waals surface area contributed by atoms with E-state index in [0.717, 1.165) is 36.8 Å². The molecular formula is C18H14N4OS. The second-order valence-corrected chi connectivity index (χ2v) is 6.54. The minimum Gasteiger partial charge on any atom is -0.312 e. The van der Waals surface area contributed by atoms with Gasteiger partial charge in [-0.05, 0) is 55.0 Å². The molecule has 24 heavy (non-hydrogen) atoms. The molecule has 0 radical (unpaired) electrons. The predicted molar refractivity (Wildman–Crippen MR) is 92.1 cm³/mol. The molecule has 2 aromatic heterocycles. The Kier molecular flexibility index (Phi) is 4.69. The first-order chi connectivity index (χ1) is 11.7. The molecule has 1 amide bonds. The van der Waals surface area contributed by atoms with Crippen molar-refractivity contribution in [3.8, 4) is 12.1 Å². The zero-order valence-corrected chi connectivity index (χ0v) is 13.7. The number of rotatable bonds is 3. The molecule has 0 aromatic carbocycles. The van der Waals surface area contributed by atoms with Gasteiger partial charge in [0, 0.05) is 17.3 Å². The van der Waals surface area contributed by atoms with E-state index in [1.54, 1.807) is 24.5 Å². The van der Waals surface area contributed by atoms with Crippen molar-refractivity contribution < 1.29 is 4.79 Å². The summed E-state index contributed by atoms with van der Waals surface area (Å²) in [5.74, 6) is -0.496. The molecule has 0 spiro atoms. The average Bonchev–Trinajstić information content (AvgIpc) is 2.97. The molecule has 2 aromatic rings. The summed E-state index contributed by atoms with van der Waals surface area (Å²) in [4.78, 5) is 17.5. The molecule has 3 rings (SSSR count). The van der Waals surface area contributed by atoms with Gasteiger partial charge in [-0.1, -0.05) is 0 Å². The molecule has 0 unspecified atom stereocenters. The van der Waals surface area contributed by atoms with Crippen LogP contribution in [0.4, 0.5) is 5.00 Å². The van der Waals surface area contributed by atoms with Crippen molar-refractivity contribution in [2.75, 3.05) is 5.32 Å². The molecule has 0 aliphatic heterocycles. The van der Waals surface area contributed by atoms with E-state index < -0.39 is 5.91 Å². The molecule has 1 aliphatic carbocycles. The Morgan fingerprint density at radius 2 is 2.00 bits per heavy atom. The van der Waals surface area contributed by atoms with Crippen LogP contribution in [0.2, 0.25) is 0 Å². The van der Waals surface area contributed by atoms with Gasteiger partial charge in [0.1, 0.15) is 22.7 Å². The highest BCUT2D eigenvalue weighted by Gasteiger charge is 2.22. The second-order valence-electron chi connectivity index (χ2n) is 5.43. The lowest BCUT2D eigenvalue weighted by Gasteiger charge is -2.09. The van der Waals surface area contributed by atoms with Crippen molar-refractivity contribution in [3.05, 3.63) is 51.7 Å². The van der Waals surface area contributed by atoms with Gasteiger partial charge >= 0.3 is 0 Å². The number of aromatic nitrogens is 1. The summed E-state index contributed by atoms with van der Waals surface area (Å²) in [6.07, 6.45) is 8.70. The summed E-state index contributed by atoms with van der Waals surface area (Å²) in [7, 11) is 0. The predicted octanol–water partition coefficient (Wildman–Crippen LogP) is 3.44. The van der Waals surface area contributed by atoms with Crippen molar-refractivity contribution in [2.24, 2.45) is 0 Å². The number of aryl methyl sites for hydroxylation is 1. The molecule has 0 saturated heterocycles. The monoisotopic (exact) mass is 334 g/mol. The van der Waals surface area contributed by atoms with Crippen LogP contribution in [0.3, 0.4) is 0 Å². The molecule has 0 saturated carbocycles. The Bertz CT molecular complexity index is 884. The van der Waals surface area contributed by atoms with Crippen molar-refractivity contribution >= 4 is 28.3 Å². The van der Waals surface area contributed by atoms with Crippen LogP contribution in [0.15, 0.2) is 30.1 Å². The van der Waals surface area contributed by atoms with Crippen LogP contribution in [-0.2, 0) is 17.6 Å². The highest BCUT2D eigenvalue weighted by atomic mass is 32.1. The minimum absolute atomic E-state index is 0.00328. The number of hydrogen-bond donors (Lipinski definition) is 1. The van der Waals surface area contributed by atoms with Gasteiger partial charge in [0.2, 0.25) is 0 Å². The van der Waals surface area contributed by atoms with E-state index in [4.69, 9.17) is 0 Å². The Balaban J connectivity index is 1.87. The number of pyridine rings is 1. The van der Waals surface area contributed by atoms with E-state index in [-0.39, 0.29) is 5.57 Å².